The maximum Gasteiger partial charge on any atom is 0.0198 e. The number of piperidine rings is 1. The van der Waals surface area contributed by atoms with Gasteiger partial charge in [0.1, 0.15) is 0 Å². The van der Waals surface area contributed by atoms with E-state index in [0.29, 0.717) is 0 Å². The van der Waals surface area contributed by atoms with Crippen LogP contribution in [-0.2, 0) is 0 Å². The Bertz CT molecular complexity index is 319. The van der Waals surface area contributed by atoms with Crippen molar-refractivity contribution in [3.8, 4) is 0 Å². The molecule has 1 saturated heterocycles. The number of likely N-dealkylation sites (tertiary alicyclic amines) is 1. The maximum atomic E-state index is 4.17. The molecule has 1 N–H and O–H groups in total. The average molecular weight is 311 g/mol. The first kappa shape index (κ1) is 16.1. The van der Waals surface area contributed by atoms with Gasteiger partial charge in [-0.15, -0.1) is 0 Å². The monoisotopic (exact) mass is 310 g/mol. The molecule has 1 aliphatic heterocycles. The Morgan fingerprint density at radius 1 is 0.952 bits per heavy atom. The predicted molar refractivity (Wildman–Crippen MR) is 94.0 cm³/mol. The predicted octanol–water partition coefficient (Wildman–Crippen LogP) is 3.76. The van der Waals surface area contributed by atoms with Gasteiger partial charge in [-0.25, -0.2) is 0 Å². The lowest BCUT2D eigenvalue weighted by Crippen LogP contribution is -2.61. The molecule has 4 unspecified atom stereocenters. The summed E-state index contributed by atoms with van der Waals surface area (Å²) in [7, 11) is 0. The molecule has 3 heteroatoms. The summed E-state index contributed by atoms with van der Waals surface area (Å²) in [5.41, 5.74) is 0. The van der Waals surface area contributed by atoms with Crippen LogP contribution in [0.1, 0.15) is 58.8 Å². The molecule has 0 amide bonds. The summed E-state index contributed by atoms with van der Waals surface area (Å²) in [6.45, 7) is 7.41. The van der Waals surface area contributed by atoms with Gasteiger partial charge in [-0.1, -0.05) is 19.3 Å². The molecule has 4 atom stereocenters. The Morgan fingerprint density at radius 3 is 2.24 bits per heavy atom. The third-order valence-corrected chi connectivity index (χ3v) is 7.42. The molecular weight excluding hydrogens is 276 g/mol. The second-order valence-corrected chi connectivity index (χ2v) is 8.93. The zero-order chi connectivity index (χ0) is 14.8. The lowest BCUT2D eigenvalue weighted by atomic mass is 9.72. The van der Waals surface area contributed by atoms with E-state index in [0.717, 1.165) is 35.2 Å². The molecule has 2 aliphatic carbocycles. The van der Waals surface area contributed by atoms with Crippen molar-refractivity contribution in [3.05, 3.63) is 0 Å². The molecule has 0 spiro atoms. The van der Waals surface area contributed by atoms with Gasteiger partial charge < -0.3 is 10.2 Å². The van der Waals surface area contributed by atoms with Crippen LogP contribution in [0.15, 0.2) is 0 Å². The standard InChI is InChI=1S/C18H34N2S/c1-13(2)20-11-14-7-6-8-15(12-20)18(14)19-16-9-4-5-10-17(16)21-3/h13-19H,4-12H2,1-3H3. The third-order valence-electron chi connectivity index (χ3n) is 6.25. The van der Waals surface area contributed by atoms with E-state index >= 15 is 0 Å². The lowest BCUT2D eigenvalue weighted by Gasteiger charge is -2.51. The van der Waals surface area contributed by atoms with E-state index in [9.17, 15) is 0 Å². The van der Waals surface area contributed by atoms with Crippen molar-refractivity contribution in [2.45, 2.75) is 82.2 Å². The number of hydrogen-bond donors (Lipinski definition) is 1. The average Bonchev–Trinajstić information content (AvgIpc) is 2.47. The highest BCUT2D eigenvalue weighted by Crippen LogP contribution is 2.37. The fourth-order valence-corrected chi connectivity index (χ4v) is 5.93. The largest absolute Gasteiger partial charge is 0.309 e. The van der Waals surface area contributed by atoms with Crippen LogP contribution in [0.5, 0.6) is 0 Å². The normalized spacial score (nSPS) is 41.4. The number of rotatable bonds is 4. The van der Waals surface area contributed by atoms with Crippen LogP contribution in [0.4, 0.5) is 0 Å². The molecule has 3 fully saturated rings. The molecule has 2 bridgehead atoms. The van der Waals surface area contributed by atoms with E-state index < -0.39 is 0 Å². The Labute approximate surface area is 135 Å². The zero-order valence-corrected chi connectivity index (χ0v) is 15.0. The molecule has 2 nitrogen and oxygen atoms in total. The zero-order valence-electron chi connectivity index (χ0n) is 14.2. The molecule has 0 radical (unpaired) electrons. The maximum absolute atomic E-state index is 4.17. The second-order valence-electron chi connectivity index (χ2n) is 7.86. The summed E-state index contributed by atoms with van der Waals surface area (Å²) in [6, 6.07) is 2.32. The van der Waals surface area contributed by atoms with Crippen LogP contribution in [0.25, 0.3) is 0 Å². The topological polar surface area (TPSA) is 15.3 Å². The molecule has 1 heterocycles. The highest BCUT2D eigenvalue weighted by atomic mass is 32.2. The fraction of sp³-hybridized carbons (Fsp3) is 1.00. The van der Waals surface area contributed by atoms with Gasteiger partial charge in [0.2, 0.25) is 0 Å². The van der Waals surface area contributed by atoms with Crippen molar-refractivity contribution in [2.75, 3.05) is 19.3 Å². The third kappa shape index (κ3) is 3.61. The van der Waals surface area contributed by atoms with Crippen molar-refractivity contribution in [3.63, 3.8) is 0 Å². The minimum absolute atomic E-state index is 0.725. The van der Waals surface area contributed by atoms with Gasteiger partial charge in [0.05, 0.1) is 0 Å². The number of nitrogens with zero attached hydrogens (tertiary/aromatic N) is 1. The summed E-state index contributed by atoms with van der Waals surface area (Å²) < 4.78 is 0. The van der Waals surface area contributed by atoms with Crippen molar-refractivity contribution < 1.29 is 0 Å². The summed E-state index contributed by atoms with van der Waals surface area (Å²) in [5.74, 6) is 1.81. The summed E-state index contributed by atoms with van der Waals surface area (Å²) in [6.07, 6.45) is 12.4. The van der Waals surface area contributed by atoms with E-state index in [1.165, 1.54) is 58.0 Å². The number of thioether (sulfide) groups is 1. The van der Waals surface area contributed by atoms with Crippen LogP contribution >= 0.6 is 11.8 Å². The molecular formula is C18H34N2S. The van der Waals surface area contributed by atoms with Crippen LogP contribution in [0.2, 0.25) is 0 Å². The van der Waals surface area contributed by atoms with E-state index in [2.05, 4.69) is 42.1 Å². The molecule has 122 valence electrons. The van der Waals surface area contributed by atoms with Crippen molar-refractivity contribution in [1.82, 2.24) is 10.2 Å². The number of nitrogens with one attached hydrogen (secondary N) is 1. The van der Waals surface area contributed by atoms with Crippen LogP contribution in [0, 0.1) is 11.8 Å². The van der Waals surface area contributed by atoms with Gasteiger partial charge >= 0.3 is 0 Å². The Hall–Kier alpha value is 0.270. The minimum atomic E-state index is 0.725. The van der Waals surface area contributed by atoms with Crippen LogP contribution in [0.3, 0.4) is 0 Å². The first-order valence-electron chi connectivity index (χ1n) is 9.22. The van der Waals surface area contributed by atoms with E-state index in [4.69, 9.17) is 0 Å². The first-order valence-corrected chi connectivity index (χ1v) is 10.5. The van der Waals surface area contributed by atoms with E-state index in [1.54, 1.807) is 0 Å². The summed E-state index contributed by atoms with van der Waals surface area (Å²) in [4.78, 5) is 2.74. The number of hydrogen-bond acceptors (Lipinski definition) is 3. The molecule has 0 aromatic heterocycles. The highest BCUT2D eigenvalue weighted by molar-refractivity contribution is 7.99. The van der Waals surface area contributed by atoms with Gasteiger partial charge in [0.25, 0.3) is 0 Å². The van der Waals surface area contributed by atoms with Crippen LogP contribution in [-0.4, -0.2) is 47.6 Å². The Kier molecular flexibility index (Phi) is 5.55. The highest BCUT2D eigenvalue weighted by Gasteiger charge is 2.41. The molecule has 0 aromatic rings. The van der Waals surface area contributed by atoms with Gasteiger partial charge in [0, 0.05) is 36.5 Å². The smallest absolute Gasteiger partial charge is 0.0198 e. The summed E-state index contributed by atoms with van der Waals surface area (Å²) in [5, 5.41) is 5.04. The van der Waals surface area contributed by atoms with Gasteiger partial charge in [-0.3, -0.25) is 0 Å². The van der Waals surface area contributed by atoms with Gasteiger partial charge in [-0.2, -0.15) is 11.8 Å². The van der Waals surface area contributed by atoms with E-state index in [-0.39, 0.29) is 0 Å². The quantitative estimate of drug-likeness (QED) is 0.851. The van der Waals surface area contributed by atoms with Crippen molar-refractivity contribution >= 4 is 11.8 Å². The molecule has 0 aromatic carbocycles. The molecule has 3 rings (SSSR count). The molecule has 3 aliphatic rings. The van der Waals surface area contributed by atoms with Crippen molar-refractivity contribution in [2.24, 2.45) is 11.8 Å². The van der Waals surface area contributed by atoms with Crippen molar-refractivity contribution in [1.29, 1.82) is 0 Å². The van der Waals surface area contributed by atoms with Gasteiger partial charge in [-0.05, 0) is 57.6 Å². The number of fused-ring (bicyclic) bond motifs is 2. The summed E-state index contributed by atoms with van der Waals surface area (Å²) >= 11 is 2.10. The molecule has 21 heavy (non-hydrogen) atoms. The van der Waals surface area contributed by atoms with Crippen LogP contribution < -0.4 is 5.32 Å². The minimum Gasteiger partial charge on any atom is -0.309 e. The second kappa shape index (κ2) is 7.23. The first-order chi connectivity index (χ1) is 10.2. The van der Waals surface area contributed by atoms with E-state index in [1.807, 2.05) is 0 Å². The fourth-order valence-electron chi connectivity index (χ4n) is 4.98. The molecule has 2 saturated carbocycles. The lowest BCUT2D eigenvalue weighted by molar-refractivity contribution is 0.0233. The SMILES string of the molecule is CSC1CCCCC1NC1C2CCCC1CN(C(C)C)C2. The van der Waals surface area contributed by atoms with Gasteiger partial charge in [0.15, 0.2) is 0 Å². The Morgan fingerprint density at radius 2 is 1.62 bits per heavy atom. The Balaban J connectivity index is 1.64.